The van der Waals surface area contributed by atoms with E-state index in [4.69, 9.17) is 16.8 Å². The van der Waals surface area contributed by atoms with Gasteiger partial charge in [0, 0.05) is 19.2 Å². The number of benzene rings is 1. The number of aromatic hydroxyl groups is 2. The van der Waals surface area contributed by atoms with Crippen LogP contribution in [0.5, 0.6) is 11.5 Å². The van der Waals surface area contributed by atoms with Gasteiger partial charge < -0.3 is 15.1 Å². The Kier molecular flexibility index (Phi) is 6.78. The molecule has 0 bridgehead atoms. The molecule has 24 heavy (non-hydrogen) atoms. The molecule has 0 heterocycles. The van der Waals surface area contributed by atoms with Crippen molar-refractivity contribution in [2.24, 2.45) is 0 Å². The lowest BCUT2D eigenvalue weighted by Crippen LogP contribution is -2.43. The van der Waals surface area contributed by atoms with E-state index in [1.165, 1.54) is 4.90 Å². The number of phenols is 2. The second-order valence-corrected chi connectivity index (χ2v) is 5.38. The van der Waals surface area contributed by atoms with Crippen LogP contribution >= 0.6 is 11.6 Å². The largest absolute Gasteiger partial charge is 0.504 e. The fraction of sp³-hybridized carbons (Fsp3) is 0.429. The molecule has 0 aliphatic rings. The minimum absolute atomic E-state index is 0.418. The Labute approximate surface area is 143 Å². The molecular formula is C14H19ClN3O6+. The molecular weight excluding hydrogens is 342 g/mol. The number of amides is 3. The van der Waals surface area contributed by atoms with E-state index in [1.54, 1.807) is 0 Å². The van der Waals surface area contributed by atoms with Crippen LogP contribution < -0.4 is 5.32 Å². The van der Waals surface area contributed by atoms with Crippen LogP contribution in [0.15, 0.2) is 6.07 Å². The standard InChI is InChI=1S/C14H18ClN3O6/c1-3-5-17(6-4-2)14(22)16-13(21)10-8(15)7-9(19)12(20)11(10)18(23)24/h7H,3-6H2,1-2H3,(H3-,16,19,20,21,22,23,24)/p+1. The maximum Gasteiger partial charge on any atom is 0.375 e. The van der Waals surface area contributed by atoms with Gasteiger partial charge in [-0.2, -0.15) is 0 Å². The highest BCUT2D eigenvalue weighted by Gasteiger charge is 2.35. The quantitative estimate of drug-likeness (QED) is 0.455. The van der Waals surface area contributed by atoms with Crippen molar-refractivity contribution in [2.45, 2.75) is 26.7 Å². The molecule has 0 spiro atoms. The summed E-state index contributed by atoms with van der Waals surface area (Å²) in [6.07, 6.45) is 1.36. The smallest absolute Gasteiger partial charge is 0.375 e. The van der Waals surface area contributed by atoms with Gasteiger partial charge in [-0.15, -0.1) is 0 Å². The van der Waals surface area contributed by atoms with Gasteiger partial charge in [-0.3, -0.25) is 10.1 Å². The van der Waals surface area contributed by atoms with E-state index in [2.05, 4.69) is 0 Å². The summed E-state index contributed by atoms with van der Waals surface area (Å²) in [6.45, 7) is 4.57. The number of rotatable bonds is 6. The molecule has 0 aliphatic heterocycles. The fourth-order valence-electron chi connectivity index (χ4n) is 2.11. The monoisotopic (exact) mass is 360 g/mol. The molecule has 0 unspecified atom stereocenters. The van der Waals surface area contributed by atoms with Gasteiger partial charge in [0.2, 0.25) is 5.75 Å². The third-order valence-corrected chi connectivity index (χ3v) is 3.42. The number of halogens is 1. The van der Waals surface area contributed by atoms with Crippen LogP contribution in [-0.4, -0.2) is 50.3 Å². The molecule has 9 nitrogen and oxygen atoms in total. The van der Waals surface area contributed by atoms with Gasteiger partial charge in [-0.1, -0.05) is 25.4 Å². The van der Waals surface area contributed by atoms with Gasteiger partial charge >= 0.3 is 11.7 Å². The first-order valence-corrected chi connectivity index (χ1v) is 7.63. The van der Waals surface area contributed by atoms with Crippen LogP contribution in [-0.2, 0) is 0 Å². The van der Waals surface area contributed by atoms with E-state index in [9.17, 15) is 24.7 Å². The number of phenolic OH excluding ortho intramolecular Hbond substituents is 2. The van der Waals surface area contributed by atoms with E-state index < -0.39 is 44.6 Å². The lowest BCUT2D eigenvalue weighted by Gasteiger charge is -2.21. The Balaban J connectivity index is 3.18. The summed E-state index contributed by atoms with van der Waals surface area (Å²) < 4.78 is 0. The Bertz CT molecular complexity index is 658. The Morgan fingerprint density at radius 1 is 1.25 bits per heavy atom. The van der Waals surface area contributed by atoms with Gasteiger partial charge in [0.1, 0.15) is 5.56 Å². The SMILES string of the molecule is CCCN(CCC)C(=O)NC(=O)c1c(Cl)cc(O)c(O)c1[N+](=O)O. The normalized spacial score (nSPS) is 10.3. The minimum Gasteiger partial charge on any atom is -0.504 e. The number of carbonyl (C=O) groups is 2. The molecule has 0 saturated carbocycles. The highest BCUT2D eigenvalue weighted by Crippen LogP contribution is 2.41. The zero-order valence-corrected chi connectivity index (χ0v) is 14.0. The summed E-state index contributed by atoms with van der Waals surface area (Å²) in [7, 11) is 0. The number of nitrogens with zero attached hydrogens (tertiary/aromatic N) is 2. The summed E-state index contributed by atoms with van der Waals surface area (Å²) in [6, 6.07) is 0.118. The summed E-state index contributed by atoms with van der Waals surface area (Å²) in [5.41, 5.74) is -1.59. The third kappa shape index (κ3) is 4.25. The van der Waals surface area contributed by atoms with Gasteiger partial charge in [0.05, 0.1) is 9.93 Å². The second kappa shape index (κ2) is 8.34. The first-order chi connectivity index (χ1) is 11.2. The van der Waals surface area contributed by atoms with E-state index in [-0.39, 0.29) is 0 Å². The van der Waals surface area contributed by atoms with Crippen molar-refractivity contribution >= 4 is 29.2 Å². The number of carbonyl (C=O) groups excluding carboxylic acids is 2. The van der Waals surface area contributed by atoms with E-state index in [0.29, 0.717) is 25.9 Å². The van der Waals surface area contributed by atoms with Gasteiger partial charge in [0.15, 0.2) is 5.75 Å². The van der Waals surface area contributed by atoms with Crippen molar-refractivity contribution in [1.82, 2.24) is 10.2 Å². The minimum atomic E-state index is -1.09. The van der Waals surface area contributed by atoms with E-state index >= 15 is 0 Å². The predicted molar refractivity (Wildman–Crippen MR) is 84.9 cm³/mol. The van der Waals surface area contributed by atoms with Crippen molar-refractivity contribution in [3.05, 3.63) is 21.6 Å². The van der Waals surface area contributed by atoms with Crippen molar-refractivity contribution in [2.75, 3.05) is 13.1 Å². The van der Waals surface area contributed by atoms with Crippen molar-refractivity contribution in [1.29, 1.82) is 0 Å². The third-order valence-electron chi connectivity index (χ3n) is 3.12. The van der Waals surface area contributed by atoms with Crippen molar-refractivity contribution < 1.29 is 29.9 Å². The van der Waals surface area contributed by atoms with Crippen LogP contribution in [0.2, 0.25) is 5.02 Å². The molecule has 0 aromatic heterocycles. The lowest BCUT2D eigenvalue weighted by atomic mass is 10.1. The summed E-state index contributed by atoms with van der Waals surface area (Å²) >= 11 is 5.80. The molecule has 1 rings (SSSR count). The molecule has 0 atom stereocenters. The summed E-state index contributed by atoms with van der Waals surface area (Å²) in [5.74, 6) is -2.93. The molecule has 132 valence electrons. The molecule has 0 aliphatic carbocycles. The van der Waals surface area contributed by atoms with Crippen molar-refractivity contribution in [3.8, 4) is 11.5 Å². The van der Waals surface area contributed by atoms with E-state index in [1.807, 2.05) is 19.2 Å². The predicted octanol–water partition coefficient (Wildman–Crippen LogP) is 2.52. The molecule has 10 heteroatoms. The number of urea groups is 1. The Morgan fingerprint density at radius 3 is 2.25 bits per heavy atom. The van der Waals surface area contributed by atoms with Crippen LogP contribution in [0.1, 0.15) is 37.0 Å². The number of imide groups is 1. The zero-order chi connectivity index (χ0) is 18.4. The first-order valence-electron chi connectivity index (χ1n) is 7.25. The summed E-state index contributed by atoms with van der Waals surface area (Å²) in [5, 5.41) is 29.8. The number of hydrogen-bond donors (Lipinski definition) is 4. The second-order valence-electron chi connectivity index (χ2n) is 4.97. The van der Waals surface area contributed by atoms with Gasteiger partial charge in [-0.25, -0.2) is 10.0 Å². The Hall–Kier alpha value is -2.55. The molecule has 0 fully saturated rings. The summed E-state index contributed by atoms with van der Waals surface area (Å²) in [4.78, 5) is 36.2. The van der Waals surface area contributed by atoms with Crippen LogP contribution in [0.25, 0.3) is 0 Å². The number of hydrogen-bond acceptors (Lipinski definition) is 5. The molecule has 0 saturated heterocycles. The maximum atomic E-state index is 12.3. The highest BCUT2D eigenvalue weighted by atomic mass is 35.5. The molecule has 0 radical (unpaired) electrons. The van der Waals surface area contributed by atoms with Crippen LogP contribution in [0.3, 0.4) is 0 Å². The van der Waals surface area contributed by atoms with Gasteiger partial charge in [0.25, 0.3) is 10.8 Å². The highest BCUT2D eigenvalue weighted by molar-refractivity contribution is 6.35. The number of nitrogens with one attached hydrogen (secondary N) is 1. The topological polar surface area (TPSA) is 130 Å². The average Bonchev–Trinajstić information content (AvgIpc) is 2.49. The van der Waals surface area contributed by atoms with E-state index in [0.717, 1.165) is 6.07 Å². The zero-order valence-electron chi connectivity index (χ0n) is 13.2. The fourth-order valence-corrected chi connectivity index (χ4v) is 2.39. The molecule has 3 amide bonds. The maximum absolute atomic E-state index is 12.3. The molecule has 1 aromatic carbocycles. The lowest BCUT2D eigenvalue weighted by molar-refractivity contribution is -0.730. The average molecular weight is 361 g/mol. The molecule has 1 aromatic rings. The first kappa shape index (κ1) is 19.5. The van der Waals surface area contributed by atoms with Crippen LogP contribution in [0.4, 0.5) is 10.5 Å². The Morgan fingerprint density at radius 2 is 1.79 bits per heavy atom. The molecule has 4 N–H and O–H groups in total. The van der Waals surface area contributed by atoms with Crippen LogP contribution in [0, 0.1) is 4.91 Å². The van der Waals surface area contributed by atoms with Crippen molar-refractivity contribution in [3.63, 3.8) is 0 Å². The van der Waals surface area contributed by atoms with Gasteiger partial charge in [-0.05, 0) is 12.8 Å².